The molecule has 0 aliphatic carbocycles. The molecule has 20 heavy (non-hydrogen) atoms. The van der Waals surface area contributed by atoms with Crippen molar-refractivity contribution in [1.29, 1.82) is 0 Å². The van der Waals surface area contributed by atoms with Gasteiger partial charge in [-0.1, -0.05) is 18.5 Å². The molecule has 5 heteroatoms. The maximum absolute atomic E-state index is 6.48. The Bertz CT molecular complexity index is 778. The van der Waals surface area contributed by atoms with Gasteiger partial charge in [-0.3, -0.25) is 0 Å². The van der Waals surface area contributed by atoms with Crippen LogP contribution >= 0.6 is 34.2 Å². The predicted octanol–water partition coefficient (Wildman–Crippen LogP) is 4.55. The van der Waals surface area contributed by atoms with Crippen LogP contribution < -0.4 is 0 Å². The first-order valence-electron chi connectivity index (χ1n) is 6.40. The van der Waals surface area contributed by atoms with Gasteiger partial charge in [0.2, 0.25) is 0 Å². The highest BCUT2D eigenvalue weighted by molar-refractivity contribution is 14.1. The van der Waals surface area contributed by atoms with Crippen molar-refractivity contribution in [2.45, 2.75) is 20.3 Å². The third-order valence-electron chi connectivity index (χ3n) is 3.33. The van der Waals surface area contributed by atoms with E-state index in [1.165, 1.54) is 3.57 Å². The maximum Gasteiger partial charge on any atom is 0.164 e. The molecule has 0 amide bonds. The number of fused-ring (bicyclic) bond motifs is 1. The van der Waals surface area contributed by atoms with Gasteiger partial charge in [0.05, 0.1) is 21.8 Å². The molecule has 102 valence electrons. The molecule has 0 radical (unpaired) electrons. The Morgan fingerprint density at radius 1 is 1.25 bits per heavy atom. The summed E-state index contributed by atoms with van der Waals surface area (Å²) in [5.74, 6) is 0. The van der Waals surface area contributed by atoms with Crippen molar-refractivity contribution in [3.8, 4) is 5.69 Å². The molecule has 0 aliphatic rings. The lowest BCUT2D eigenvalue weighted by Crippen LogP contribution is -1.98. The molecule has 2 aromatic heterocycles. The molecule has 0 saturated carbocycles. The molecule has 0 bridgehead atoms. The smallest absolute Gasteiger partial charge is 0.164 e. The van der Waals surface area contributed by atoms with Crippen LogP contribution in [0.2, 0.25) is 5.02 Å². The molecule has 1 aromatic carbocycles. The van der Waals surface area contributed by atoms with Crippen LogP contribution in [0.1, 0.15) is 18.2 Å². The number of aromatic nitrogens is 3. The second-order valence-electron chi connectivity index (χ2n) is 4.62. The molecule has 0 aliphatic heterocycles. The molecule has 0 saturated heterocycles. The zero-order valence-corrected chi connectivity index (χ0v) is 14.1. The zero-order valence-electron chi connectivity index (χ0n) is 11.2. The van der Waals surface area contributed by atoms with Gasteiger partial charge in [-0.15, -0.1) is 0 Å². The average molecular weight is 398 g/mol. The molecule has 3 nitrogen and oxygen atoms in total. The van der Waals surface area contributed by atoms with Crippen molar-refractivity contribution in [2.75, 3.05) is 0 Å². The van der Waals surface area contributed by atoms with Gasteiger partial charge in [0.1, 0.15) is 0 Å². The Morgan fingerprint density at radius 3 is 2.60 bits per heavy atom. The van der Waals surface area contributed by atoms with Gasteiger partial charge in [0.15, 0.2) is 5.65 Å². The molecule has 3 aromatic rings. The number of pyridine rings is 1. The summed E-state index contributed by atoms with van der Waals surface area (Å²) in [6.07, 6.45) is 2.71. The Balaban J connectivity index is 2.28. The molecular formula is C15H13ClIN3. The standard InChI is InChI=1S/C15H13ClIN3/c1-3-10-8-18-15-13(14(10)16)9(2)19-20(15)12-6-4-11(17)5-7-12/h4-8H,3H2,1-2H3. The summed E-state index contributed by atoms with van der Waals surface area (Å²) in [4.78, 5) is 4.55. The van der Waals surface area contributed by atoms with Crippen molar-refractivity contribution < 1.29 is 0 Å². The summed E-state index contributed by atoms with van der Waals surface area (Å²) in [7, 11) is 0. The van der Waals surface area contributed by atoms with Crippen LogP contribution in [0.3, 0.4) is 0 Å². The van der Waals surface area contributed by atoms with Gasteiger partial charge < -0.3 is 0 Å². The SMILES string of the molecule is CCc1cnc2c(c(C)nn2-c2ccc(I)cc2)c1Cl. The molecule has 0 atom stereocenters. The van der Waals surface area contributed by atoms with Gasteiger partial charge in [0.25, 0.3) is 0 Å². The van der Waals surface area contributed by atoms with Crippen LogP contribution in [0.5, 0.6) is 0 Å². The average Bonchev–Trinajstić information content (AvgIpc) is 2.78. The number of hydrogen-bond donors (Lipinski definition) is 0. The Labute approximate surface area is 136 Å². The van der Waals surface area contributed by atoms with E-state index in [1.807, 2.05) is 29.9 Å². The summed E-state index contributed by atoms with van der Waals surface area (Å²) >= 11 is 8.77. The summed E-state index contributed by atoms with van der Waals surface area (Å²) in [6, 6.07) is 8.19. The van der Waals surface area contributed by atoms with Crippen LogP contribution in [0.4, 0.5) is 0 Å². The summed E-state index contributed by atoms with van der Waals surface area (Å²) in [5, 5.41) is 6.31. The fraction of sp³-hybridized carbons (Fsp3) is 0.200. The van der Waals surface area contributed by atoms with Crippen LogP contribution in [0, 0.1) is 10.5 Å². The highest BCUT2D eigenvalue weighted by Crippen LogP contribution is 2.30. The number of hydrogen-bond acceptors (Lipinski definition) is 2. The van der Waals surface area contributed by atoms with Crippen LogP contribution in [0.15, 0.2) is 30.5 Å². The van der Waals surface area contributed by atoms with E-state index in [0.29, 0.717) is 0 Å². The lowest BCUT2D eigenvalue weighted by molar-refractivity contribution is 0.877. The second-order valence-corrected chi connectivity index (χ2v) is 6.25. The lowest BCUT2D eigenvalue weighted by Gasteiger charge is -2.05. The van der Waals surface area contributed by atoms with E-state index in [9.17, 15) is 0 Å². The first kappa shape index (κ1) is 13.8. The van der Waals surface area contributed by atoms with E-state index >= 15 is 0 Å². The van der Waals surface area contributed by atoms with Gasteiger partial charge in [-0.25, -0.2) is 9.67 Å². The van der Waals surface area contributed by atoms with Crippen molar-refractivity contribution >= 4 is 45.2 Å². The maximum atomic E-state index is 6.48. The normalized spacial score (nSPS) is 11.2. The molecule has 0 N–H and O–H groups in total. The summed E-state index contributed by atoms with van der Waals surface area (Å²) < 4.78 is 3.05. The highest BCUT2D eigenvalue weighted by atomic mass is 127. The largest absolute Gasteiger partial charge is 0.236 e. The first-order chi connectivity index (χ1) is 9.61. The monoisotopic (exact) mass is 397 g/mol. The number of benzene rings is 1. The molecule has 2 heterocycles. The Kier molecular flexibility index (Phi) is 3.69. The topological polar surface area (TPSA) is 30.7 Å². The van der Waals surface area contributed by atoms with E-state index in [4.69, 9.17) is 11.6 Å². The minimum atomic E-state index is 0.770. The summed E-state index contributed by atoms with van der Waals surface area (Å²) in [5.41, 5.74) is 3.78. The van der Waals surface area contributed by atoms with Crippen molar-refractivity contribution in [1.82, 2.24) is 14.8 Å². The van der Waals surface area contributed by atoms with Crippen molar-refractivity contribution in [3.05, 3.63) is 50.3 Å². The minimum absolute atomic E-state index is 0.770. The number of halogens is 2. The predicted molar refractivity (Wildman–Crippen MR) is 90.7 cm³/mol. The van der Waals surface area contributed by atoms with E-state index in [-0.39, 0.29) is 0 Å². The Hall–Kier alpha value is -1.14. The number of rotatable bonds is 2. The molecule has 0 fully saturated rings. The van der Waals surface area contributed by atoms with Crippen molar-refractivity contribution in [3.63, 3.8) is 0 Å². The Morgan fingerprint density at radius 2 is 1.95 bits per heavy atom. The number of aryl methyl sites for hydroxylation is 2. The van der Waals surface area contributed by atoms with E-state index in [1.54, 1.807) is 0 Å². The highest BCUT2D eigenvalue weighted by Gasteiger charge is 2.15. The summed E-state index contributed by atoms with van der Waals surface area (Å²) in [6.45, 7) is 4.05. The second kappa shape index (κ2) is 5.33. The fourth-order valence-corrected chi connectivity index (χ4v) is 3.02. The third-order valence-corrected chi connectivity index (χ3v) is 4.48. The molecule has 3 rings (SSSR count). The minimum Gasteiger partial charge on any atom is -0.236 e. The quantitative estimate of drug-likeness (QED) is 0.594. The fourth-order valence-electron chi connectivity index (χ4n) is 2.26. The van der Waals surface area contributed by atoms with Gasteiger partial charge in [-0.2, -0.15) is 5.10 Å². The molecule has 0 spiro atoms. The van der Waals surface area contributed by atoms with Crippen LogP contribution in [-0.4, -0.2) is 14.8 Å². The zero-order chi connectivity index (χ0) is 14.3. The molecular weight excluding hydrogens is 385 g/mol. The van der Waals surface area contributed by atoms with Gasteiger partial charge in [-0.05, 0) is 65.8 Å². The van der Waals surface area contributed by atoms with Crippen molar-refractivity contribution in [2.24, 2.45) is 0 Å². The van der Waals surface area contributed by atoms with Crippen LogP contribution in [-0.2, 0) is 6.42 Å². The third kappa shape index (κ3) is 2.20. The lowest BCUT2D eigenvalue weighted by atomic mass is 10.1. The number of nitrogens with zero attached hydrogens (tertiary/aromatic N) is 3. The van der Waals surface area contributed by atoms with Gasteiger partial charge >= 0.3 is 0 Å². The first-order valence-corrected chi connectivity index (χ1v) is 7.86. The van der Waals surface area contributed by atoms with E-state index in [0.717, 1.165) is 39.4 Å². The van der Waals surface area contributed by atoms with Gasteiger partial charge in [0, 0.05) is 9.77 Å². The van der Waals surface area contributed by atoms with E-state index < -0.39 is 0 Å². The molecule has 0 unspecified atom stereocenters. The van der Waals surface area contributed by atoms with Crippen LogP contribution in [0.25, 0.3) is 16.7 Å². The van der Waals surface area contributed by atoms with E-state index in [2.05, 4.69) is 51.7 Å².